The van der Waals surface area contributed by atoms with Crippen molar-refractivity contribution in [2.75, 3.05) is 80.5 Å². The van der Waals surface area contributed by atoms with Crippen LogP contribution in [0.4, 0.5) is 0 Å². The predicted molar refractivity (Wildman–Crippen MR) is 127 cm³/mol. The van der Waals surface area contributed by atoms with Gasteiger partial charge >= 0.3 is 0 Å². The van der Waals surface area contributed by atoms with E-state index in [1.807, 2.05) is 0 Å². The lowest BCUT2D eigenvalue weighted by atomic mass is 10.00. The third-order valence-electron chi connectivity index (χ3n) is 5.59. The first kappa shape index (κ1) is 31.5. The summed E-state index contributed by atoms with van der Waals surface area (Å²) in [7, 11) is 8.75. The Hall–Kier alpha value is -0.160. The fourth-order valence-corrected chi connectivity index (χ4v) is 3.47. The van der Waals surface area contributed by atoms with Crippen molar-refractivity contribution in [2.24, 2.45) is 11.8 Å². The summed E-state index contributed by atoms with van der Waals surface area (Å²) in [6.45, 7) is 14.8. The molecule has 0 aliphatic carbocycles. The molecular formula is C23H56N4. The SMILES string of the molecule is C.C.C.CC1CCCN(C)C1.CC1CCN(C)CC1.CN1CCN(C)CC1. The molecule has 3 aliphatic rings. The van der Waals surface area contributed by atoms with Gasteiger partial charge in [0.05, 0.1) is 0 Å². The fourth-order valence-electron chi connectivity index (χ4n) is 3.47. The molecule has 1 unspecified atom stereocenters. The molecule has 0 saturated carbocycles. The molecule has 0 aromatic heterocycles. The number of hydrogen-bond donors (Lipinski definition) is 0. The molecule has 0 bridgehead atoms. The van der Waals surface area contributed by atoms with Gasteiger partial charge in [-0.05, 0) is 85.3 Å². The van der Waals surface area contributed by atoms with Crippen LogP contribution in [-0.4, -0.2) is 100 Å². The maximum atomic E-state index is 2.41. The number of rotatable bonds is 0. The molecule has 3 rings (SSSR count). The van der Waals surface area contributed by atoms with E-state index in [0.717, 1.165) is 11.8 Å². The molecule has 1 atom stereocenters. The molecule has 27 heavy (non-hydrogen) atoms. The first-order chi connectivity index (χ1) is 11.4. The molecule has 3 saturated heterocycles. The van der Waals surface area contributed by atoms with Crippen molar-refractivity contribution in [2.45, 2.75) is 61.8 Å². The van der Waals surface area contributed by atoms with Crippen LogP contribution in [0.1, 0.15) is 61.8 Å². The minimum Gasteiger partial charge on any atom is -0.306 e. The molecular weight excluding hydrogens is 332 g/mol. The number of likely N-dealkylation sites (tertiary alicyclic amines) is 2. The van der Waals surface area contributed by atoms with Crippen LogP contribution in [0.3, 0.4) is 0 Å². The summed E-state index contributed by atoms with van der Waals surface area (Å²) < 4.78 is 0. The summed E-state index contributed by atoms with van der Waals surface area (Å²) in [4.78, 5) is 9.54. The largest absolute Gasteiger partial charge is 0.306 e. The van der Waals surface area contributed by atoms with Gasteiger partial charge in [-0.2, -0.15) is 0 Å². The smallest absolute Gasteiger partial charge is 0.0107 e. The minimum absolute atomic E-state index is 0. The molecule has 0 aromatic carbocycles. The molecule has 0 amide bonds. The van der Waals surface area contributed by atoms with Crippen molar-refractivity contribution >= 4 is 0 Å². The quantitative estimate of drug-likeness (QED) is 0.607. The number of piperazine rings is 1. The summed E-state index contributed by atoms with van der Waals surface area (Å²) in [6.07, 6.45) is 5.63. The van der Waals surface area contributed by atoms with Crippen LogP contribution in [0.5, 0.6) is 0 Å². The highest BCUT2D eigenvalue weighted by atomic mass is 15.2. The van der Waals surface area contributed by atoms with E-state index >= 15 is 0 Å². The first-order valence-electron chi connectivity index (χ1n) is 10.1. The molecule has 3 aliphatic heterocycles. The van der Waals surface area contributed by atoms with E-state index in [-0.39, 0.29) is 22.3 Å². The van der Waals surface area contributed by atoms with Crippen LogP contribution < -0.4 is 0 Å². The maximum absolute atomic E-state index is 2.41. The van der Waals surface area contributed by atoms with Crippen molar-refractivity contribution in [3.8, 4) is 0 Å². The highest BCUT2D eigenvalue weighted by Gasteiger charge is 2.11. The number of nitrogens with zero attached hydrogens (tertiary/aromatic N) is 4. The van der Waals surface area contributed by atoms with E-state index in [4.69, 9.17) is 0 Å². The predicted octanol–water partition coefficient (Wildman–Crippen LogP) is 4.47. The van der Waals surface area contributed by atoms with Gasteiger partial charge in [0.25, 0.3) is 0 Å². The Morgan fingerprint density at radius 3 is 1.19 bits per heavy atom. The van der Waals surface area contributed by atoms with Gasteiger partial charge in [0.15, 0.2) is 0 Å². The van der Waals surface area contributed by atoms with E-state index in [0.29, 0.717) is 0 Å². The normalized spacial score (nSPS) is 25.3. The Morgan fingerprint density at radius 1 is 0.481 bits per heavy atom. The lowest BCUT2D eigenvalue weighted by molar-refractivity contribution is 0.181. The molecule has 4 heteroatoms. The second kappa shape index (κ2) is 17.9. The second-order valence-corrected chi connectivity index (χ2v) is 8.60. The van der Waals surface area contributed by atoms with Crippen molar-refractivity contribution in [1.29, 1.82) is 0 Å². The Labute approximate surface area is 174 Å². The average molecular weight is 389 g/mol. The molecule has 168 valence electrons. The lowest BCUT2D eigenvalue weighted by Crippen LogP contribution is -2.42. The summed E-state index contributed by atoms with van der Waals surface area (Å²) in [5.41, 5.74) is 0. The molecule has 0 N–H and O–H groups in total. The van der Waals surface area contributed by atoms with Crippen LogP contribution in [0.25, 0.3) is 0 Å². The van der Waals surface area contributed by atoms with Gasteiger partial charge in [0, 0.05) is 32.7 Å². The monoisotopic (exact) mass is 388 g/mol. The highest BCUT2D eigenvalue weighted by molar-refractivity contribution is 4.66. The van der Waals surface area contributed by atoms with E-state index in [1.165, 1.54) is 78.0 Å². The number of hydrogen-bond acceptors (Lipinski definition) is 4. The topological polar surface area (TPSA) is 13.0 Å². The van der Waals surface area contributed by atoms with E-state index in [2.05, 4.69) is 61.6 Å². The van der Waals surface area contributed by atoms with Gasteiger partial charge < -0.3 is 19.6 Å². The van der Waals surface area contributed by atoms with Crippen LogP contribution in [0.2, 0.25) is 0 Å². The summed E-state index contributed by atoms with van der Waals surface area (Å²) in [6, 6.07) is 0. The first-order valence-corrected chi connectivity index (χ1v) is 10.1. The van der Waals surface area contributed by atoms with Crippen molar-refractivity contribution in [1.82, 2.24) is 19.6 Å². The third kappa shape index (κ3) is 16.5. The van der Waals surface area contributed by atoms with Crippen LogP contribution >= 0.6 is 0 Å². The van der Waals surface area contributed by atoms with Gasteiger partial charge in [0.2, 0.25) is 0 Å². The summed E-state index contributed by atoms with van der Waals surface area (Å²) in [5, 5.41) is 0. The highest BCUT2D eigenvalue weighted by Crippen LogP contribution is 2.13. The number of piperidine rings is 2. The van der Waals surface area contributed by atoms with Crippen LogP contribution in [0.15, 0.2) is 0 Å². The average Bonchev–Trinajstić information content (AvgIpc) is 2.54. The van der Waals surface area contributed by atoms with E-state index in [9.17, 15) is 0 Å². The van der Waals surface area contributed by atoms with Gasteiger partial charge in [-0.25, -0.2) is 0 Å². The van der Waals surface area contributed by atoms with Gasteiger partial charge in [-0.1, -0.05) is 36.1 Å². The molecule has 4 nitrogen and oxygen atoms in total. The molecule has 3 fully saturated rings. The Kier molecular flexibility index (Phi) is 20.9. The molecule has 0 spiro atoms. The Morgan fingerprint density at radius 2 is 0.889 bits per heavy atom. The van der Waals surface area contributed by atoms with Crippen LogP contribution in [0, 0.1) is 11.8 Å². The zero-order valence-corrected chi connectivity index (χ0v) is 17.4. The number of likely N-dealkylation sites (N-methyl/N-ethyl adjacent to an activating group) is 2. The Balaban J connectivity index is -0.000000303. The van der Waals surface area contributed by atoms with Gasteiger partial charge in [-0.3, -0.25) is 0 Å². The molecule has 0 radical (unpaired) electrons. The minimum atomic E-state index is 0. The lowest BCUT2D eigenvalue weighted by Gasteiger charge is -2.28. The fraction of sp³-hybridized carbons (Fsp3) is 1.00. The zero-order chi connectivity index (χ0) is 17.9. The third-order valence-corrected chi connectivity index (χ3v) is 5.59. The van der Waals surface area contributed by atoms with E-state index < -0.39 is 0 Å². The van der Waals surface area contributed by atoms with Gasteiger partial charge in [-0.15, -0.1) is 0 Å². The van der Waals surface area contributed by atoms with E-state index in [1.54, 1.807) is 0 Å². The standard InChI is InChI=1S/2C7H15N.C6H14N2.3CH4/c1-7-3-5-8(2)6-4-7;1-7-4-3-5-8(2)6-7;1-7-3-5-8(2)6-4-7;;;/h2*7H,3-6H2,1-2H3;3-6H2,1-2H3;3*1H4. The van der Waals surface area contributed by atoms with Crippen molar-refractivity contribution in [3.05, 3.63) is 0 Å². The molecule has 3 heterocycles. The Bertz CT molecular complexity index is 247. The van der Waals surface area contributed by atoms with Gasteiger partial charge in [0.1, 0.15) is 0 Å². The van der Waals surface area contributed by atoms with Crippen molar-refractivity contribution < 1.29 is 0 Å². The second-order valence-electron chi connectivity index (χ2n) is 8.60. The molecule has 0 aromatic rings. The maximum Gasteiger partial charge on any atom is 0.0107 e. The summed E-state index contributed by atoms with van der Waals surface area (Å²) in [5.74, 6) is 1.92. The zero-order valence-electron chi connectivity index (χ0n) is 17.4. The van der Waals surface area contributed by atoms with Crippen LogP contribution in [-0.2, 0) is 0 Å². The summed E-state index contributed by atoms with van der Waals surface area (Å²) >= 11 is 0. The van der Waals surface area contributed by atoms with Crippen molar-refractivity contribution in [3.63, 3.8) is 0 Å².